The van der Waals surface area contributed by atoms with Gasteiger partial charge in [0.2, 0.25) is 6.79 Å². The highest BCUT2D eigenvalue weighted by Crippen LogP contribution is 2.32. The smallest absolute Gasteiger partial charge is 0.317 e. The van der Waals surface area contributed by atoms with Crippen LogP contribution in [0.2, 0.25) is 0 Å². The monoisotopic (exact) mass is 395 g/mol. The van der Waals surface area contributed by atoms with Crippen molar-refractivity contribution >= 4 is 15.9 Å². The number of hydrogen-bond acceptors (Lipinski definition) is 6. The standard InChI is InChI=1S/C18H25N3O5S/c22-18(19-10-13-1-2-16-17(9-13)26-12-25-16)21-6-3-14(4-7-21)20-15-5-8-27(23,24)11-15/h1-2,9,14-15,20H,3-8,10-12H2,(H,19,22)/t15-/m0/s1. The Morgan fingerprint density at radius 2 is 1.89 bits per heavy atom. The first-order valence-corrected chi connectivity index (χ1v) is 11.2. The molecule has 1 aromatic carbocycles. The Morgan fingerprint density at radius 3 is 2.63 bits per heavy atom. The molecule has 0 saturated carbocycles. The fourth-order valence-corrected chi connectivity index (χ4v) is 5.54. The summed E-state index contributed by atoms with van der Waals surface area (Å²) < 4.78 is 33.8. The van der Waals surface area contributed by atoms with E-state index in [9.17, 15) is 13.2 Å². The van der Waals surface area contributed by atoms with Crippen LogP contribution in [0, 0.1) is 0 Å². The number of benzene rings is 1. The molecule has 0 unspecified atom stereocenters. The molecule has 1 atom stereocenters. The van der Waals surface area contributed by atoms with E-state index in [1.807, 2.05) is 23.1 Å². The number of rotatable bonds is 4. The minimum atomic E-state index is -2.86. The number of carbonyl (C=O) groups excluding carboxylic acids is 1. The third-order valence-corrected chi connectivity index (χ3v) is 7.13. The van der Waals surface area contributed by atoms with Gasteiger partial charge in [0.25, 0.3) is 0 Å². The van der Waals surface area contributed by atoms with Gasteiger partial charge in [-0.15, -0.1) is 0 Å². The highest BCUT2D eigenvalue weighted by molar-refractivity contribution is 7.91. The molecular weight excluding hydrogens is 370 g/mol. The number of nitrogens with one attached hydrogen (secondary N) is 2. The molecule has 148 valence electrons. The van der Waals surface area contributed by atoms with E-state index in [-0.39, 0.29) is 36.4 Å². The van der Waals surface area contributed by atoms with Crippen molar-refractivity contribution in [3.63, 3.8) is 0 Å². The lowest BCUT2D eigenvalue weighted by molar-refractivity contribution is 0.173. The second kappa shape index (κ2) is 7.55. The lowest BCUT2D eigenvalue weighted by atomic mass is 10.0. The van der Waals surface area contributed by atoms with Gasteiger partial charge in [-0.25, -0.2) is 13.2 Å². The SMILES string of the molecule is O=C(NCc1ccc2c(c1)OCO2)N1CCC(N[C@H]2CCS(=O)(=O)C2)CC1. The van der Waals surface area contributed by atoms with Crippen molar-refractivity contribution in [2.24, 2.45) is 0 Å². The average Bonchev–Trinajstić information content (AvgIpc) is 3.25. The summed E-state index contributed by atoms with van der Waals surface area (Å²) >= 11 is 0. The average molecular weight is 395 g/mol. The van der Waals surface area contributed by atoms with Gasteiger partial charge in [0.1, 0.15) is 0 Å². The van der Waals surface area contributed by atoms with E-state index in [1.54, 1.807) is 0 Å². The maximum atomic E-state index is 12.4. The fraction of sp³-hybridized carbons (Fsp3) is 0.611. The van der Waals surface area contributed by atoms with Gasteiger partial charge in [-0.3, -0.25) is 0 Å². The van der Waals surface area contributed by atoms with Crippen LogP contribution in [0.1, 0.15) is 24.8 Å². The predicted molar refractivity (Wildman–Crippen MR) is 99.6 cm³/mol. The number of carbonyl (C=O) groups is 1. The number of likely N-dealkylation sites (tertiary alicyclic amines) is 1. The Hall–Kier alpha value is -2.00. The van der Waals surface area contributed by atoms with E-state index in [4.69, 9.17) is 9.47 Å². The summed E-state index contributed by atoms with van der Waals surface area (Å²) in [6, 6.07) is 5.92. The van der Waals surface area contributed by atoms with Crippen molar-refractivity contribution in [3.05, 3.63) is 23.8 Å². The molecule has 1 aromatic rings. The maximum Gasteiger partial charge on any atom is 0.317 e. The molecular formula is C18H25N3O5S. The molecule has 0 aromatic heterocycles. The molecule has 3 aliphatic rings. The Labute approximate surface area is 159 Å². The van der Waals surface area contributed by atoms with Crippen molar-refractivity contribution in [1.29, 1.82) is 0 Å². The first-order chi connectivity index (χ1) is 13.0. The van der Waals surface area contributed by atoms with Crippen LogP contribution in [0.4, 0.5) is 4.79 Å². The van der Waals surface area contributed by atoms with Crippen molar-refractivity contribution in [2.45, 2.75) is 37.9 Å². The third kappa shape index (κ3) is 4.47. The molecule has 4 rings (SSSR count). The number of urea groups is 1. The highest BCUT2D eigenvalue weighted by Gasteiger charge is 2.31. The van der Waals surface area contributed by atoms with Crippen LogP contribution in [-0.2, 0) is 16.4 Å². The largest absolute Gasteiger partial charge is 0.454 e. The number of fused-ring (bicyclic) bond motifs is 1. The molecule has 2 amide bonds. The van der Waals surface area contributed by atoms with Gasteiger partial charge in [-0.1, -0.05) is 6.07 Å². The summed E-state index contributed by atoms with van der Waals surface area (Å²) in [6.45, 7) is 2.02. The van der Waals surface area contributed by atoms with Crippen LogP contribution >= 0.6 is 0 Å². The molecule has 8 nitrogen and oxygen atoms in total. The molecule has 0 aliphatic carbocycles. The van der Waals surface area contributed by atoms with Crippen molar-refractivity contribution in [1.82, 2.24) is 15.5 Å². The van der Waals surface area contributed by atoms with Crippen molar-refractivity contribution in [3.8, 4) is 11.5 Å². The summed E-state index contributed by atoms with van der Waals surface area (Å²) in [5.41, 5.74) is 0.964. The van der Waals surface area contributed by atoms with E-state index in [1.165, 1.54) is 0 Å². The lowest BCUT2D eigenvalue weighted by Gasteiger charge is -2.33. The molecule has 3 aliphatic heterocycles. The third-order valence-electron chi connectivity index (χ3n) is 5.37. The topological polar surface area (TPSA) is 97.0 Å². The molecule has 2 saturated heterocycles. The van der Waals surface area contributed by atoms with Crippen LogP contribution in [0.15, 0.2) is 18.2 Å². The van der Waals surface area contributed by atoms with E-state index in [0.717, 1.165) is 24.2 Å². The molecule has 3 heterocycles. The normalized spacial score (nSPS) is 24.1. The quantitative estimate of drug-likeness (QED) is 0.785. The molecule has 0 bridgehead atoms. The number of sulfone groups is 1. The molecule has 27 heavy (non-hydrogen) atoms. The Morgan fingerprint density at radius 1 is 1.11 bits per heavy atom. The van der Waals surface area contributed by atoms with Crippen LogP contribution < -0.4 is 20.1 Å². The van der Waals surface area contributed by atoms with Gasteiger partial charge in [0, 0.05) is 31.7 Å². The Bertz CT molecular complexity index is 805. The second-order valence-electron chi connectivity index (χ2n) is 7.37. The van der Waals surface area contributed by atoms with Crippen LogP contribution in [-0.4, -0.2) is 62.8 Å². The number of nitrogens with zero attached hydrogens (tertiary/aromatic N) is 1. The summed E-state index contributed by atoms with van der Waals surface area (Å²) in [6.07, 6.45) is 2.38. The van der Waals surface area contributed by atoms with E-state index in [0.29, 0.717) is 31.8 Å². The number of hydrogen-bond donors (Lipinski definition) is 2. The minimum Gasteiger partial charge on any atom is -0.454 e. The van der Waals surface area contributed by atoms with Crippen LogP contribution in [0.25, 0.3) is 0 Å². The van der Waals surface area contributed by atoms with Crippen molar-refractivity contribution in [2.75, 3.05) is 31.4 Å². The van der Waals surface area contributed by atoms with E-state index >= 15 is 0 Å². The van der Waals surface area contributed by atoms with Crippen molar-refractivity contribution < 1.29 is 22.7 Å². The van der Waals surface area contributed by atoms with E-state index < -0.39 is 9.84 Å². The number of ether oxygens (including phenoxy) is 2. The molecule has 9 heteroatoms. The zero-order valence-electron chi connectivity index (χ0n) is 15.1. The second-order valence-corrected chi connectivity index (χ2v) is 9.60. The first-order valence-electron chi connectivity index (χ1n) is 9.36. The maximum absolute atomic E-state index is 12.4. The van der Waals surface area contributed by atoms with Crippen LogP contribution in [0.5, 0.6) is 11.5 Å². The molecule has 0 radical (unpaired) electrons. The van der Waals surface area contributed by atoms with Gasteiger partial charge >= 0.3 is 6.03 Å². The van der Waals surface area contributed by atoms with Crippen LogP contribution in [0.3, 0.4) is 0 Å². The summed E-state index contributed by atoms with van der Waals surface area (Å²) in [5, 5.41) is 6.40. The highest BCUT2D eigenvalue weighted by atomic mass is 32.2. The zero-order chi connectivity index (χ0) is 18.9. The molecule has 0 spiro atoms. The summed E-state index contributed by atoms with van der Waals surface area (Å²) in [7, 11) is -2.86. The van der Waals surface area contributed by atoms with Gasteiger partial charge in [-0.05, 0) is 37.0 Å². The van der Waals surface area contributed by atoms with Gasteiger partial charge in [-0.2, -0.15) is 0 Å². The van der Waals surface area contributed by atoms with Gasteiger partial charge < -0.3 is 25.0 Å². The Kier molecular flexibility index (Phi) is 5.14. The minimum absolute atomic E-state index is 0.0615. The van der Waals surface area contributed by atoms with Gasteiger partial charge in [0.05, 0.1) is 11.5 Å². The molecule has 2 fully saturated rings. The number of piperidine rings is 1. The van der Waals surface area contributed by atoms with E-state index in [2.05, 4.69) is 10.6 Å². The summed E-state index contributed by atoms with van der Waals surface area (Å²) in [5.74, 6) is 1.96. The lowest BCUT2D eigenvalue weighted by Crippen LogP contribution is -2.50. The zero-order valence-corrected chi connectivity index (χ0v) is 16.0. The fourth-order valence-electron chi connectivity index (χ4n) is 3.85. The van der Waals surface area contributed by atoms with Gasteiger partial charge in [0.15, 0.2) is 21.3 Å². The number of amides is 2. The first kappa shape index (κ1) is 18.4. The predicted octanol–water partition coefficient (Wildman–Crippen LogP) is 0.866. The molecule has 2 N–H and O–H groups in total. The summed E-state index contributed by atoms with van der Waals surface area (Å²) in [4.78, 5) is 14.2. The Balaban J connectivity index is 1.21.